The summed E-state index contributed by atoms with van der Waals surface area (Å²) in [5, 5.41) is 4.16. The maximum atomic E-state index is 5.98. The molecule has 18 heavy (non-hydrogen) atoms. The Morgan fingerprint density at radius 3 is 2.78 bits per heavy atom. The maximum Gasteiger partial charge on any atom is 0.0728 e. The highest BCUT2D eigenvalue weighted by atomic mass is 35.5. The summed E-state index contributed by atoms with van der Waals surface area (Å²) in [5.74, 6) is 0. The molecular formula is C14H17ClN2S. The van der Waals surface area contributed by atoms with Crippen LogP contribution < -0.4 is 11.1 Å². The molecule has 4 heteroatoms. The highest BCUT2D eigenvalue weighted by Crippen LogP contribution is 2.27. The molecule has 0 aliphatic rings. The van der Waals surface area contributed by atoms with E-state index in [0.29, 0.717) is 6.54 Å². The Hall–Kier alpha value is -1.03. The fourth-order valence-electron chi connectivity index (χ4n) is 1.80. The lowest BCUT2D eigenvalue weighted by Gasteiger charge is -2.16. The maximum absolute atomic E-state index is 5.98. The zero-order valence-electron chi connectivity index (χ0n) is 10.3. The van der Waals surface area contributed by atoms with Crippen LogP contribution in [0.5, 0.6) is 0 Å². The molecular weight excluding hydrogens is 264 g/mol. The van der Waals surface area contributed by atoms with Crippen molar-refractivity contribution in [3.63, 3.8) is 0 Å². The number of rotatable bonds is 5. The fourth-order valence-corrected chi connectivity index (χ4v) is 3.00. The number of hydrogen-bond donors (Lipinski definition) is 2. The molecule has 0 fully saturated rings. The van der Waals surface area contributed by atoms with Crippen LogP contribution in [0.25, 0.3) is 0 Å². The lowest BCUT2D eigenvalue weighted by molar-refractivity contribution is 0.806. The summed E-state index contributed by atoms with van der Waals surface area (Å²) in [7, 11) is 0. The summed E-state index contributed by atoms with van der Waals surface area (Å²) in [4.78, 5) is 2.66. The van der Waals surface area contributed by atoms with E-state index in [2.05, 4.69) is 24.4 Å². The average Bonchev–Trinajstić information content (AvgIpc) is 2.84. The molecule has 0 spiro atoms. The number of hydrogen-bond acceptors (Lipinski definition) is 3. The molecule has 1 atom stereocenters. The molecule has 1 unspecified atom stereocenters. The Morgan fingerprint density at radius 2 is 2.17 bits per heavy atom. The van der Waals surface area contributed by atoms with E-state index in [0.717, 1.165) is 17.1 Å². The van der Waals surface area contributed by atoms with Crippen molar-refractivity contribution in [3.8, 4) is 0 Å². The van der Waals surface area contributed by atoms with Crippen molar-refractivity contribution in [1.82, 2.24) is 0 Å². The van der Waals surface area contributed by atoms with E-state index in [9.17, 15) is 0 Å². The van der Waals surface area contributed by atoms with Crippen molar-refractivity contribution < 1.29 is 0 Å². The number of halogens is 1. The van der Waals surface area contributed by atoms with E-state index >= 15 is 0 Å². The van der Waals surface area contributed by atoms with E-state index < -0.39 is 0 Å². The second-order valence-electron chi connectivity index (χ2n) is 4.10. The molecule has 2 rings (SSSR count). The van der Waals surface area contributed by atoms with E-state index in [1.807, 2.05) is 35.6 Å². The van der Waals surface area contributed by atoms with Crippen LogP contribution in [0.4, 0.5) is 5.69 Å². The number of benzene rings is 1. The highest BCUT2D eigenvalue weighted by molar-refractivity contribution is 7.12. The molecule has 1 heterocycles. The van der Waals surface area contributed by atoms with E-state index in [4.69, 9.17) is 17.3 Å². The first-order chi connectivity index (χ1) is 8.72. The molecule has 0 amide bonds. The zero-order valence-corrected chi connectivity index (χ0v) is 11.9. The van der Waals surface area contributed by atoms with Crippen LogP contribution in [-0.4, -0.2) is 6.54 Å². The number of nitrogens with one attached hydrogen (secondary N) is 1. The summed E-state index contributed by atoms with van der Waals surface area (Å²) >= 11 is 7.79. The molecule has 3 N–H and O–H groups in total. The molecule has 0 radical (unpaired) electrons. The van der Waals surface area contributed by atoms with Crippen LogP contribution in [0.15, 0.2) is 36.4 Å². The Bertz CT molecular complexity index is 510. The molecule has 1 aromatic heterocycles. The minimum absolute atomic E-state index is 0.147. The third-order valence-corrected chi connectivity index (χ3v) is 4.35. The van der Waals surface area contributed by atoms with Gasteiger partial charge in [0.15, 0.2) is 0 Å². The minimum Gasteiger partial charge on any atom is -0.376 e. The van der Waals surface area contributed by atoms with Gasteiger partial charge in [0.25, 0.3) is 0 Å². The van der Waals surface area contributed by atoms with Crippen LogP contribution in [0.2, 0.25) is 5.02 Å². The van der Waals surface area contributed by atoms with Gasteiger partial charge in [0.2, 0.25) is 0 Å². The Balaban J connectivity index is 2.14. The van der Waals surface area contributed by atoms with Crippen molar-refractivity contribution >= 4 is 28.6 Å². The van der Waals surface area contributed by atoms with E-state index in [-0.39, 0.29) is 6.04 Å². The molecule has 1 aromatic carbocycles. The zero-order chi connectivity index (χ0) is 13.0. The standard InChI is InChI=1S/C14H17ClN2S/c1-2-12-6-7-14(18-12)13(9-16)17-11-5-3-4-10(15)8-11/h3-8,13,17H,2,9,16H2,1H3. The van der Waals surface area contributed by atoms with Crippen molar-refractivity contribution in [2.24, 2.45) is 5.73 Å². The normalized spacial score (nSPS) is 12.4. The van der Waals surface area contributed by atoms with Crippen molar-refractivity contribution in [3.05, 3.63) is 51.2 Å². The lowest BCUT2D eigenvalue weighted by Crippen LogP contribution is -2.19. The molecule has 96 valence electrons. The van der Waals surface area contributed by atoms with Gasteiger partial charge in [-0.15, -0.1) is 11.3 Å². The number of nitrogens with two attached hydrogens (primary N) is 1. The number of anilines is 1. The highest BCUT2D eigenvalue weighted by Gasteiger charge is 2.12. The summed E-state index contributed by atoms with van der Waals surface area (Å²) in [5.41, 5.74) is 6.86. The largest absolute Gasteiger partial charge is 0.376 e. The van der Waals surface area contributed by atoms with Gasteiger partial charge in [-0.3, -0.25) is 0 Å². The Morgan fingerprint density at radius 1 is 1.33 bits per heavy atom. The van der Waals surface area contributed by atoms with Gasteiger partial charge < -0.3 is 11.1 Å². The van der Waals surface area contributed by atoms with Crippen LogP contribution in [0.1, 0.15) is 22.7 Å². The second kappa shape index (κ2) is 6.23. The fraction of sp³-hybridized carbons (Fsp3) is 0.286. The molecule has 0 saturated heterocycles. The van der Waals surface area contributed by atoms with Crippen molar-refractivity contribution in [1.29, 1.82) is 0 Å². The lowest BCUT2D eigenvalue weighted by atomic mass is 10.2. The molecule has 0 aliphatic heterocycles. The van der Waals surface area contributed by atoms with Gasteiger partial charge in [0.1, 0.15) is 0 Å². The molecule has 0 aliphatic carbocycles. The van der Waals surface area contributed by atoms with E-state index in [1.165, 1.54) is 9.75 Å². The second-order valence-corrected chi connectivity index (χ2v) is 5.74. The number of aryl methyl sites for hydroxylation is 1. The molecule has 2 aromatic rings. The van der Waals surface area contributed by atoms with Gasteiger partial charge in [0.05, 0.1) is 6.04 Å². The van der Waals surface area contributed by atoms with E-state index in [1.54, 1.807) is 0 Å². The van der Waals surface area contributed by atoms with Gasteiger partial charge in [-0.1, -0.05) is 24.6 Å². The molecule has 2 nitrogen and oxygen atoms in total. The Kier molecular flexibility index (Phi) is 4.64. The predicted molar refractivity (Wildman–Crippen MR) is 80.6 cm³/mol. The summed E-state index contributed by atoms with van der Waals surface area (Å²) in [6.07, 6.45) is 1.07. The summed E-state index contributed by atoms with van der Waals surface area (Å²) < 4.78 is 0. The quantitative estimate of drug-likeness (QED) is 0.866. The predicted octanol–water partition coefficient (Wildman–Crippen LogP) is 4.08. The summed E-state index contributed by atoms with van der Waals surface area (Å²) in [6.45, 7) is 2.73. The Labute approximate surface area is 117 Å². The molecule has 0 saturated carbocycles. The van der Waals surface area contributed by atoms with Crippen LogP contribution >= 0.6 is 22.9 Å². The third kappa shape index (κ3) is 3.25. The van der Waals surface area contributed by atoms with Crippen LogP contribution in [0.3, 0.4) is 0 Å². The van der Waals surface area contributed by atoms with Gasteiger partial charge in [-0.05, 0) is 36.8 Å². The first kappa shape index (κ1) is 13.4. The van der Waals surface area contributed by atoms with Gasteiger partial charge in [-0.2, -0.15) is 0 Å². The van der Waals surface area contributed by atoms with Crippen LogP contribution in [-0.2, 0) is 6.42 Å². The minimum atomic E-state index is 0.147. The van der Waals surface area contributed by atoms with Crippen molar-refractivity contribution in [2.75, 3.05) is 11.9 Å². The van der Waals surface area contributed by atoms with Gasteiger partial charge in [-0.25, -0.2) is 0 Å². The van der Waals surface area contributed by atoms with Gasteiger partial charge in [0, 0.05) is 27.0 Å². The number of thiophene rings is 1. The third-order valence-electron chi connectivity index (χ3n) is 2.78. The average molecular weight is 281 g/mol. The van der Waals surface area contributed by atoms with Crippen molar-refractivity contribution in [2.45, 2.75) is 19.4 Å². The monoisotopic (exact) mass is 280 g/mol. The smallest absolute Gasteiger partial charge is 0.0728 e. The topological polar surface area (TPSA) is 38.0 Å². The first-order valence-electron chi connectivity index (χ1n) is 6.03. The molecule has 0 bridgehead atoms. The SMILES string of the molecule is CCc1ccc(C(CN)Nc2cccc(Cl)c2)s1. The van der Waals surface area contributed by atoms with Crippen LogP contribution in [0, 0.1) is 0 Å². The first-order valence-corrected chi connectivity index (χ1v) is 7.23. The summed E-state index contributed by atoms with van der Waals surface area (Å²) in [6, 6.07) is 12.2. The van der Waals surface area contributed by atoms with Gasteiger partial charge >= 0.3 is 0 Å².